The van der Waals surface area contributed by atoms with Gasteiger partial charge in [0.25, 0.3) is 0 Å². The predicted octanol–water partition coefficient (Wildman–Crippen LogP) is 2.93. The van der Waals surface area contributed by atoms with E-state index < -0.39 is 11.7 Å². The van der Waals surface area contributed by atoms with Crippen molar-refractivity contribution >= 4 is 7.85 Å². The molecule has 5 heteroatoms. The number of hydrogen-bond acceptors (Lipinski definition) is 1. The molecule has 0 saturated carbocycles. The minimum Gasteiger partial charge on any atom is -0.516 e. The van der Waals surface area contributed by atoms with Gasteiger partial charge in [-0.15, -0.1) is 0 Å². The summed E-state index contributed by atoms with van der Waals surface area (Å²) in [4.78, 5) is 0. The van der Waals surface area contributed by atoms with E-state index in [-0.39, 0.29) is 11.9 Å². The molecule has 1 aliphatic rings. The van der Waals surface area contributed by atoms with Crippen LogP contribution in [0.2, 0.25) is 0 Å². The molecule has 1 nitrogen and oxygen atoms in total. The third-order valence-electron chi connectivity index (χ3n) is 1.86. The molecule has 0 aromatic heterocycles. The Labute approximate surface area is 86.7 Å². The van der Waals surface area contributed by atoms with Crippen LogP contribution in [-0.2, 0) is 0 Å². The van der Waals surface area contributed by atoms with Crippen molar-refractivity contribution in [3.63, 3.8) is 0 Å². The average molecular weight is 212 g/mol. The van der Waals surface area contributed by atoms with Crippen molar-refractivity contribution in [1.29, 1.82) is 0 Å². The SMILES string of the molecule is [B]C1=CC(/C=C\O)=CCC(C(F)(F)F)=C1. The van der Waals surface area contributed by atoms with E-state index in [4.69, 9.17) is 13.0 Å². The van der Waals surface area contributed by atoms with Gasteiger partial charge in [-0.25, -0.2) is 0 Å². The largest absolute Gasteiger partial charge is 0.516 e. The second-order valence-corrected chi connectivity index (χ2v) is 3.04. The molecule has 0 aromatic carbocycles. The minimum absolute atomic E-state index is 0.0178. The number of allylic oxidation sites excluding steroid dienone is 7. The highest BCUT2D eigenvalue weighted by atomic mass is 19.4. The Kier molecular flexibility index (Phi) is 3.45. The smallest absolute Gasteiger partial charge is 0.412 e. The summed E-state index contributed by atoms with van der Waals surface area (Å²) in [5.41, 5.74) is -0.229. The van der Waals surface area contributed by atoms with Crippen molar-refractivity contribution in [3.05, 3.63) is 47.2 Å². The molecule has 0 amide bonds. The summed E-state index contributed by atoms with van der Waals surface area (Å²) in [6.45, 7) is 0. The van der Waals surface area contributed by atoms with E-state index in [1.54, 1.807) is 0 Å². The highest BCUT2D eigenvalue weighted by molar-refractivity contribution is 6.23. The molecule has 0 bridgehead atoms. The molecule has 0 heterocycles. The number of rotatable bonds is 1. The van der Waals surface area contributed by atoms with Crippen molar-refractivity contribution in [2.24, 2.45) is 0 Å². The third kappa shape index (κ3) is 3.34. The number of halogens is 3. The molecular weight excluding hydrogens is 204 g/mol. The molecular formula is C10H8BF3O. The summed E-state index contributed by atoms with van der Waals surface area (Å²) in [6.07, 6.45) is 1.04. The third-order valence-corrected chi connectivity index (χ3v) is 1.86. The highest BCUT2D eigenvalue weighted by Gasteiger charge is 2.32. The molecule has 0 aromatic rings. The standard InChI is InChI=1S/C10H8BF3O/c11-9-5-7(3-4-15)1-2-8(6-9)10(12,13)14/h1,3-6,15H,2H2/b4-3-. The molecule has 2 radical (unpaired) electrons. The van der Waals surface area contributed by atoms with Gasteiger partial charge in [0, 0.05) is 5.57 Å². The number of aliphatic hydroxyl groups is 1. The minimum atomic E-state index is -4.37. The van der Waals surface area contributed by atoms with Gasteiger partial charge in [-0.2, -0.15) is 13.2 Å². The lowest BCUT2D eigenvalue weighted by atomic mass is 9.92. The van der Waals surface area contributed by atoms with E-state index >= 15 is 0 Å². The lowest BCUT2D eigenvalue weighted by Gasteiger charge is -2.08. The lowest BCUT2D eigenvalue weighted by molar-refractivity contribution is -0.0929. The van der Waals surface area contributed by atoms with Crippen molar-refractivity contribution in [3.8, 4) is 0 Å². The van der Waals surface area contributed by atoms with Crippen LogP contribution in [0, 0.1) is 0 Å². The van der Waals surface area contributed by atoms with Crippen LogP contribution in [0.5, 0.6) is 0 Å². The van der Waals surface area contributed by atoms with Crippen molar-refractivity contribution in [2.75, 3.05) is 0 Å². The maximum absolute atomic E-state index is 12.4. The molecule has 0 aliphatic heterocycles. The zero-order chi connectivity index (χ0) is 11.5. The fourth-order valence-corrected chi connectivity index (χ4v) is 1.18. The van der Waals surface area contributed by atoms with Crippen LogP contribution < -0.4 is 0 Å². The van der Waals surface area contributed by atoms with E-state index in [2.05, 4.69) is 0 Å². The topological polar surface area (TPSA) is 20.2 Å². The van der Waals surface area contributed by atoms with Gasteiger partial charge < -0.3 is 5.11 Å². The first-order chi connectivity index (χ1) is 6.93. The van der Waals surface area contributed by atoms with Crippen LogP contribution in [0.4, 0.5) is 13.2 Å². The summed E-state index contributed by atoms with van der Waals surface area (Å²) in [5, 5.41) is 8.49. The van der Waals surface area contributed by atoms with E-state index in [1.165, 1.54) is 18.2 Å². The Balaban J connectivity index is 2.99. The zero-order valence-electron chi connectivity index (χ0n) is 7.75. The van der Waals surface area contributed by atoms with Crippen molar-refractivity contribution in [1.82, 2.24) is 0 Å². The summed E-state index contributed by atoms with van der Waals surface area (Å²) in [7, 11) is 5.37. The Hall–Kier alpha value is -1.39. The predicted molar refractivity (Wildman–Crippen MR) is 52.4 cm³/mol. The number of alkyl halides is 3. The maximum atomic E-state index is 12.4. The Morgan fingerprint density at radius 1 is 1.33 bits per heavy atom. The molecule has 78 valence electrons. The first-order valence-electron chi connectivity index (χ1n) is 4.19. The first kappa shape index (κ1) is 11.7. The summed E-state index contributed by atoms with van der Waals surface area (Å²) in [5.74, 6) is 0. The molecule has 1 aliphatic carbocycles. The summed E-state index contributed by atoms with van der Waals surface area (Å²) in [6, 6.07) is 0. The monoisotopic (exact) mass is 212 g/mol. The molecule has 0 fully saturated rings. The van der Waals surface area contributed by atoms with E-state index in [9.17, 15) is 13.2 Å². The maximum Gasteiger partial charge on any atom is 0.412 e. The molecule has 0 atom stereocenters. The molecule has 0 saturated heterocycles. The second-order valence-electron chi connectivity index (χ2n) is 3.04. The van der Waals surface area contributed by atoms with Crippen LogP contribution in [0.1, 0.15) is 6.42 Å². The normalized spacial score (nSPS) is 18.2. The van der Waals surface area contributed by atoms with Gasteiger partial charge in [0.05, 0.1) is 6.26 Å². The summed E-state index contributed by atoms with van der Waals surface area (Å²) >= 11 is 0. The average Bonchev–Trinajstić information content (AvgIpc) is 2.26. The highest BCUT2D eigenvalue weighted by Crippen LogP contribution is 2.31. The lowest BCUT2D eigenvalue weighted by Crippen LogP contribution is -2.11. The van der Waals surface area contributed by atoms with Crippen LogP contribution in [-0.4, -0.2) is 19.1 Å². The van der Waals surface area contributed by atoms with Gasteiger partial charge in [0.15, 0.2) is 0 Å². The molecule has 1 rings (SSSR count). The molecule has 0 spiro atoms. The van der Waals surface area contributed by atoms with Crippen LogP contribution in [0.15, 0.2) is 47.2 Å². The Bertz CT molecular complexity index is 361. The van der Waals surface area contributed by atoms with E-state index in [0.717, 1.165) is 12.3 Å². The molecule has 15 heavy (non-hydrogen) atoms. The van der Waals surface area contributed by atoms with Crippen molar-refractivity contribution < 1.29 is 18.3 Å². The first-order valence-corrected chi connectivity index (χ1v) is 4.19. The van der Waals surface area contributed by atoms with Gasteiger partial charge >= 0.3 is 6.18 Å². The Morgan fingerprint density at radius 2 is 2.00 bits per heavy atom. The van der Waals surface area contributed by atoms with Gasteiger partial charge in [-0.05, 0) is 18.1 Å². The van der Waals surface area contributed by atoms with Crippen molar-refractivity contribution in [2.45, 2.75) is 12.6 Å². The van der Waals surface area contributed by atoms with Crippen LogP contribution in [0.3, 0.4) is 0 Å². The van der Waals surface area contributed by atoms with Gasteiger partial charge in [-0.1, -0.05) is 23.7 Å². The summed E-state index contributed by atoms with van der Waals surface area (Å²) < 4.78 is 37.1. The van der Waals surface area contributed by atoms with Crippen LogP contribution >= 0.6 is 0 Å². The molecule has 0 unspecified atom stereocenters. The van der Waals surface area contributed by atoms with E-state index in [1.807, 2.05) is 0 Å². The second kappa shape index (κ2) is 4.42. The fraction of sp³-hybridized carbons (Fsp3) is 0.200. The Morgan fingerprint density at radius 3 is 2.53 bits per heavy atom. The van der Waals surface area contributed by atoms with E-state index in [0.29, 0.717) is 5.57 Å². The molecule has 1 N–H and O–H groups in total. The quantitative estimate of drug-likeness (QED) is 0.523. The van der Waals surface area contributed by atoms with Gasteiger partial charge in [0.2, 0.25) is 0 Å². The van der Waals surface area contributed by atoms with Gasteiger partial charge in [-0.3, -0.25) is 0 Å². The fourth-order valence-electron chi connectivity index (χ4n) is 1.18. The number of hydrogen-bond donors (Lipinski definition) is 1. The van der Waals surface area contributed by atoms with Crippen LogP contribution in [0.25, 0.3) is 0 Å². The number of aliphatic hydroxyl groups excluding tert-OH is 1. The van der Waals surface area contributed by atoms with Gasteiger partial charge in [0.1, 0.15) is 7.85 Å². The zero-order valence-corrected chi connectivity index (χ0v) is 7.75.